The third-order valence-corrected chi connectivity index (χ3v) is 8.41. The molecule has 1 heterocycles. The SMILES string of the molecule is C[C@@H](C(=O)NC(C)(C)C)N(Cc1cccc(Cl)c1)C(=O)CN(c1ccc(F)cc1)S(=O)(=O)c1ccc2c(c1)OCCO2. The fourth-order valence-electron chi connectivity index (χ4n) is 4.34. The van der Waals surface area contributed by atoms with Gasteiger partial charge in [-0.2, -0.15) is 0 Å². The summed E-state index contributed by atoms with van der Waals surface area (Å²) in [7, 11) is -4.38. The zero-order valence-electron chi connectivity index (χ0n) is 23.8. The number of ether oxygens (including phenoxy) is 2. The summed E-state index contributed by atoms with van der Waals surface area (Å²) in [6, 6.07) is 14.8. The molecule has 0 radical (unpaired) electrons. The Kier molecular flexibility index (Phi) is 9.32. The molecular weight excluding hydrogens is 585 g/mol. The summed E-state index contributed by atoms with van der Waals surface area (Å²) in [6.07, 6.45) is 0. The first-order valence-electron chi connectivity index (χ1n) is 13.3. The van der Waals surface area contributed by atoms with Gasteiger partial charge in [-0.1, -0.05) is 23.7 Å². The van der Waals surface area contributed by atoms with Crippen LogP contribution in [0.1, 0.15) is 33.3 Å². The second-order valence-electron chi connectivity index (χ2n) is 10.9. The Balaban J connectivity index is 1.73. The van der Waals surface area contributed by atoms with E-state index in [9.17, 15) is 22.4 Å². The van der Waals surface area contributed by atoms with Gasteiger partial charge in [0.05, 0.1) is 10.6 Å². The number of hydrogen-bond acceptors (Lipinski definition) is 6. The molecule has 3 aromatic carbocycles. The number of rotatable bonds is 9. The van der Waals surface area contributed by atoms with E-state index in [1.54, 1.807) is 31.2 Å². The topological polar surface area (TPSA) is 105 Å². The van der Waals surface area contributed by atoms with Crippen LogP contribution < -0.4 is 19.1 Å². The van der Waals surface area contributed by atoms with Gasteiger partial charge < -0.3 is 19.7 Å². The van der Waals surface area contributed by atoms with Gasteiger partial charge in [-0.15, -0.1) is 0 Å². The molecule has 3 aromatic rings. The molecule has 0 spiro atoms. The molecule has 4 rings (SSSR count). The highest BCUT2D eigenvalue weighted by Gasteiger charge is 2.34. The van der Waals surface area contributed by atoms with Crippen molar-refractivity contribution in [3.63, 3.8) is 0 Å². The first kappa shape index (κ1) is 31.1. The maximum Gasteiger partial charge on any atom is 0.264 e. The van der Waals surface area contributed by atoms with E-state index < -0.39 is 45.8 Å². The number of fused-ring (bicyclic) bond motifs is 1. The van der Waals surface area contributed by atoms with E-state index in [0.717, 1.165) is 16.4 Å². The normalized spacial score (nSPS) is 13.7. The average molecular weight is 618 g/mol. The lowest BCUT2D eigenvalue weighted by atomic mass is 10.1. The minimum Gasteiger partial charge on any atom is -0.486 e. The number of nitrogens with zero attached hydrogens (tertiary/aromatic N) is 2. The van der Waals surface area contributed by atoms with Crippen LogP contribution in [-0.2, 0) is 26.2 Å². The van der Waals surface area contributed by atoms with Crippen molar-refractivity contribution in [3.05, 3.63) is 83.1 Å². The molecule has 1 aliphatic heterocycles. The van der Waals surface area contributed by atoms with Gasteiger partial charge in [0.25, 0.3) is 10.0 Å². The van der Waals surface area contributed by atoms with Crippen LogP contribution in [0.3, 0.4) is 0 Å². The number of benzene rings is 3. The number of hydrogen-bond donors (Lipinski definition) is 1. The molecular formula is C30H33ClFN3O6S. The summed E-state index contributed by atoms with van der Waals surface area (Å²) in [5.41, 5.74) is 0.140. The minimum absolute atomic E-state index is 0.0144. The average Bonchev–Trinajstić information content (AvgIpc) is 2.93. The Morgan fingerprint density at radius 3 is 2.31 bits per heavy atom. The first-order valence-corrected chi connectivity index (χ1v) is 15.1. The van der Waals surface area contributed by atoms with Crippen molar-refractivity contribution >= 4 is 39.1 Å². The van der Waals surface area contributed by atoms with Crippen molar-refractivity contribution in [2.45, 2.75) is 50.7 Å². The summed E-state index contributed by atoms with van der Waals surface area (Å²) in [5, 5.41) is 3.31. The van der Waals surface area contributed by atoms with Crippen molar-refractivity contribution in [2.75, 3.05) is 24.1 Å². The zero-order chi connectivity index (χ0) is 30.7. The molecule has 9 nitrogen and oxygen atoms in total. The monoisotopic (exact) mass is 617 g/mol. The molecule has 224 valence electrons. The summed E-state index contributed by atoms with van der Waals surface area (Å²) in [6.45, 7) is 6.92. The number of halogens is 2. The number of carbonyl (C=O) groups excluding carboxylic acids is 2. The second kappa shape index (κ2) is 12.6. The van der Waals surface area contributed by atoms with Crippen LogP contribution in [0.4, 0.5) is 10.1 Å². The zero-order valence-corrected chi connectivity index (χ0v) is 25.3. The Bertz CT molecular complexity index is 1560. The Hall–Kier alpha value is -3.83. The van der Waals surface area contributed by atoms with Gasteiger partial charge in [-0.25, -0.2) is 12.8 Å². The fourth-order valence-corrected chi connectivity index (χ4v) is 5.98. The van der Waals surface area contributed by atoms with Crippen molar-refractivity contribution in [1.29, 1.82) is 0 Å². The lowest BCUT2D eigenvalue weighted by Crippen LogP contribution is -2.54. The van der Waals surface area contributed by atoms with Crippen LogP contribution in [-0.4, -0.2) is 56.5 Å². The van der Waals surface area contributed by atoms with Gasteiger partial charge in [0.1, 0.15) is 31.6 Å². The molecule has 1 N–H and O–H groups in total. The summed E-state index contributed by atoms with van der Waals surface area (Å²) in [4.78, 5) is 28.3. The molecule has 12 heteroatoms. The van der Waals surface area contributed by atoms with Crippen LogP contribution in [0.5, 0.6) is 11.5 Å². The number of carbonyl (C=O) groups is 2. The van der Waals surface area contributed by atoms with E-state index in [4.69, 9.17) is 21.1 Å². The van der Waals surface area contributed by atoms with E-state index in [1.165, 1.54) is 35.2 Å². The molecule has 0 saturated heterocycles. The van der Waals surface area contributed by atoms with E-state index in [-0.39, 0.29) is 29.5 Å². The predicted molar refractivity (Wildman–Crippen MR) is 158 cm³/mol. The van der Waals surface area contributed by atoms with Crippen LogP contribution >= 0.6 is 11.6 Å². The molecule has 2 amide bonds. The minimum atomic E-state index is -4.38. The molecule has 0 unspecified atom stereocenters. The van der Waals surface area contributed by atoms with Crippen molar-refractivity contribution in [1.82, 2.24) is 10.2 Å². The van der Waals surface area contributed by atoms with Crippen LogP contribution in [0.2, 0.25) is 5.02 Å². The molecule has 0 fully saturated rings. The molecule has 0 aliphatic carbocycles. The Morgan fingerprint density at radius 1 is 1.00 bits per heavy atom. The standard InChI is InChI=1S/C30H33ClFN3O6S/c1-20(29(37)33-30(2,3)4)34(18-21-6-5-7-22(31)16-21)28(36)19-35(24-10-8-23(32)9-11-24)42(38,39)25-12-13-26-27(17-25)41-15-14-40-26/h5-13,16-17,20H,14-15,18-19H2,1-4H3,(H,33,37)/t20-/m0/s1. The number of sulfonamides is 1. The smallest absolute Gasteiger partial charge is 0.264 e. The Morgan fingerprint density at radius 2 is 1.67 bits per heavy atom. The van der Waals surface area contributed by atoms with E-state index in [2.05, 4.69) is 5.32 Å². The lowest BCUT2D eigenvalue weighted by Gasteiger charge is -2.33. The molecule has 1 atom stereocenters. The summed E-state index contributed by atoms with van der Waals surface area (Å²) >= 11 is 6.17. The highest BCUT2D eigenvalue weighted by Crippen LogP contribution is 2.34. The van der Waals surface area contributed by atoms with Crippen LogP contribution in [0, 0.1) is 5.82 Å². The third kappa shape index (κ3) is 7.51. The van der Waals surface area contributed by atoms with Gasteiger partial charge >= 0.3 is 0 Å². The van der Waals surface area contributed by atoms with Crippen LogP contribution in [0.15, 0.2) is 71.6 Å². The molecule has 0 aromatic heterocycles. The van der Waals surface area contributed by atoms with Gasteiger partial charge in [0.2, 0.25) is 11.8 Å². The molecule has 42 heavy (non-hydrogen) atoms. The Labute approximate surface area is 250 Å². The van der Waals surface area contributed by atoms with Gasteiger partial charge in [0, 0.05) is 23.2 Å². The number of nitrogens with one attached hydrogen (secondary N) is 1. The second-order valence-corrected chi connectivity index (χ2v) is 13.2. The van der Waals surface area contributed by atoms with Gasteiger partial charge in [0.15, 0.2) is 11.5 Å². The first-order chi connectivity index (χ1) is 19.7. The van der Waals surface area contributed by atoms with E-state index in [0.29, 0.717) is 22.9 Å². The van der Waals surface area contributed by atoms with Gasteiger partial charge in [-0.05, 0) is 81.8 Å². The predicted octanol–water partition coefficient (Wildman–Crippen LogP) is 4.78. The highest BCUT2D eigenvalue weighted by atomic mass is 35.5. The summed E-state index contributed by atoms with van der Waals surface area (Å²) in [5.74, 6) is -0.992. The number of amides is 2. The highest BCUT2D eigenvalue weighted by molar-refractivity contribution is 7.92. The number of anilines is 1. The van der Waals surface area contributed by atoms with Crippen LogP contribution in [0.25, 0.3) is 0 Å². The largest absolute Gasteiger partial charge is 0.486 e. The quantitative estimate of drug-likeness (QED) is 0.371. The molecule has 0 saturated carbocycles. The molecule has 0 bridgehead atoms. The third-order valence-electron chi connectivity index (χ3n) is 6.40. The van der Waals surface area contributed by atoms with Crippen molar-refractivity contribution in [2.24, 2.45) is 0 Å². The molecule has 1 aliphatic rings. The lowest BCUT2D eigenvalue weighted by molar-refractivity contribution is -0.140. The van der Waals surface area contributed by atoms with E-state index >= 15 is 0 Å². The van der Waals surface area contributed by atoms with Gasteiger partial charge in [-0.3, -0.25) is 13.9 Å². The van der Waals surface area contributed by atoms with Crippen molar-refractivity contribution in [3.8, 4) is 11.5 Å². The summed E-state index contributed by atoms with van der Waals surface area (Å²) < 4.78 is 53.8. The van der Waals surface area contributed by atoms with E-state index in [1.807, 2.05) is 20.8 Å². The maximum atomic E-state index is 14.0. The van der Waals surface area contributed by atoms with Crippen molar-refractivity contribution < 1.29 is 31.9 Å². The maximum absolute atomic E-state index is 14.0. The fraction of sp³-hybridized carbons (Fsp3) is 0.333.